The summed E-state index contributed by atoms with van der Waals surface area (Å²) in [5, 5.41) is 1.25. The molecule has 0 saturated carbocycles. The van der Waals surface area contributed by atoms with Gasteiger partial charge in [0.15, 0.2) is 0 Å². The first-order chi connectivity index (χ1) is 13.2. The molecule has 3 heteroatoms. The number of hydrogen-bond donors (Lipinski definition) is 0. The number of hydrogen-bond acceptors (Lipinski definition) is 1. The summed E-state index contributed by atoms with van der Waals surface area (Å²) >= 11 is 12.3. The van der Waals surface area contributed by atoms with Crippen LogP contribution in [0.15, 0.2) is 89.9 Å². The highest BCUT2D eigenvalue weighted by atomic mass is 35.5. The molecule has 3 aromatic carbocycles. The largest absolute Gasteiger partial charge is 0.253 e. The second-order valence-electron chi connectivity index (χ2n) is 6.34. The summed E-state index contributed by atoms with van der Waals surface area (Å²) in [6.07, 6.45) is 7.04. The standard InChI is InChI=1S/C24H17Cl2N/c25-20-11-14-22(23(26)16-20)24-15-13-21(27-24)12-8-17-6-9-19(10-7-17)18-4-2-1-3-5-18/h1-12,14-16H,13H2/b12-8+. The van der Waals surface area contributed by atoms with Gasteiger partial charge < -0.3 is 0 Å². The highest BCUT2D eigenvalue weighted by Gasteiger charge is 2.11. The van der Waals surface area contributed by atoms with Gasteiger partial charge in [-0.05, 0) is 41.0 Å². The van der Waals surface area contributed by atoms with Gasteiger partial charge in [0.2, 0.25) is 0 Å². The molecule has 0 N–H and O–H groups in total. The van der Waals surface area contributed by atoms with Gasteiger partial charge >= 0.3 is 0 Å². The number of allylic oxidation sites excluding steroid dienone is 2. The maximum absolute atomic E-state index is 6.28. The zero-order chi connectivity index (χ0) is 18.6. The van der Waals surface area contributed by atoms with Crippen LogP contribution >= 0.6 is 23.2 Å². The summed E-state index contributed by atoms with van der Waals surface area (Å²) in [5.41, 5.74) is 6.42. The second-order valence-corrected chi connectivity index (χ2v) is 7.19. The Balaban J connectivity index is 1.47. The Morgan fingerprint density at radius 3 is 2.26 bits per heavy atom. The van der Waals surface area contributed by atoms with Gasteiger partial charge in [-0.1, -0.05) is 90.0 Å². The van der Waals surface area contributed by atoms with Crippen LogP contribution in [0.1, 0.15) is 17.5 Å². The van der Waals surface area contributed by atoms with Crippen LogP contribution in [0.4, 0.5) is 0 Å². The Labute approximate surface area is 169 Å². The van der Waals surface area contributed by atoms with E-state index in [0.29, 0.717) is 10.0 Å². The number of benzene rings is 3. The molecule has 0 aromatic heterocycles. The van der Waals surface area contributed by atoms with Crippen LogP contribution in [0.25, 0.3) is 22.9 Å². The van der Waals surface area contributed by atoms with E-state index >= 15 is 0 Å². The predicted molar refractivity (Wildman–Crippen MR) is 117 cm³/mol. The third-order valence-corrected chi connectivity index (χ3v) is 5.01. The second kappa shape index (κ2) is 7.96. The summed E-state index contributed by atoms with van der Waals surface area (Å²) in [7, 11) is 0. The molecule has 0 unspecified atom stereocenters. The van der Waals surface area contributed by atoms with Gasteiger partial charge in [-0.25, -0.2) is 0 Å². The normalized spacial score (nSPS) is 13.7. The molecule has 27 heavy (non-hydrogen) atoms. The molecule has 0 bridgehead atoms. The molecule has 4 rings (SSSR count). The smallest absolute Gasteiger partial charge is 0.0684 e. The van der Waals surface area contributed by atoms with Crippen molar-refractivity contribution in [3.63, 3.8) is 0 Å². The Morgan fingerprint density at radius 2 is 1.52 bits per heavy atom. The van der Waals surface area contributed by atoms with E-state index in [1.165, 1.54) is 11.1 Å². The van der Waals surface area contributed by atoms with Crippen LogP contribution in [0.2, 0.25) is 10.0 Å². The van der Waals surface area contributed by atoms with Crippen LogP contribution in [0, 0.1) is 0 Å². The monoisotopic (exact) mass is 389 g/mol. The van der Waals surface area contributed by atoms with Gasteiger partial charge in [0.05, 0.1) is 10.7 Å². The fraction of sp³-hybridized carbons (Fsp3) is 0.0417. The SMILES string of the molecule is Clc1ccc(C2=CCC(/C=C/c3ccc(-c4ccccc4)cc3)=N2)c(Cl)c1. The van der Waals surface area contributed by atoms with Crippen molar-refractivity contribution in [2.24, 2.45) is 4.99 Å². The van der Waals surface area contributed by atoms with Crippen molar-refractivity contribution < 1.29 is 0 Å². The quantitative estimate of drug-likeness (QED) is 0.436. The average molecular weight is 390 g/mol. The third kappa shape index (κ3) is 4.21. The molecule has 0 radical (unpaired) electrons. The molecule has 1 aliphatic rings. The van der Waals surface area contributed by atoms with Gasteiger partial charge in [-0.3, -0.25) is 4.99 Å². The summed E-state index contributed by atoms with van der Waals surface area (Å²) in [5.74, 6) is 0. The molecule has 0 amide bonds. The number of nitrogens with zero attached hydrogens (tertiary/aromatic N) is 1. The lowest BCUT2D eigenvalue weighted by Gasteiger charge is -2.03. The van der Waals surface area contributed by atoms with Gasteiger partial charge in [0.1, 0.15) is 0 Å². The lowest BCUT2D eigenvalue weighted by atomic mass is 10.0. The van der Waals surface area contributed by atoms with Crippen molar-refractivity contribution in [2.45, 2.75) is 6.42 Å². The minimum atomic E-state index is 0.624. The summed E-state index contributed by atoms with van der Waals surface area (Å²) in [6, 6.07) is 24.4. The molecule has 0 saturated heterocycles. The molecule has 1 heterocycles. The van der Waals surface area contributed by atoms with Crippen LogP contribution < -0.4 is 0 Å². The first-order valence-electron chi connectivity index (χ1n) is 8.76. The fourth-order valence-electron chi connectivity index (χ4n) is 3.03. The molecule has 0 atom stereocenters. The van der Waals surface area contributed by atoms with Crippen molar-refractivity contribution in [3.8, 4) is 11.1 Å². The van der Waals surface area contributed by atoms with E-state index in [2.05, 4.69) is 66.8 Å². The maximum atomic E-state index is 6.28. The minimum Gasteiger partial charge on any atom is -0.253 e. The molecule has 0 fully saturated rings. The highest BCUT2D eigenvalue weighted by molar-refractivity contribution is 6.35. The molecule has 1 nitrogen and oxygen atoms in total. The summed E-state index contributed by atoms with van der Waals surface area (Å²) < 4.78 is 0. The van der Waals surface area contributed by atoms with Crippen LogP contribution in [0.3, 0.4) is 0 Å². The zero-order valence-electron chi connectivity index (χ0n) is 14.6. The van der Waals surface area contributed by atoms with Crippen LogP contribution in [-0.2, 0) is 0 Å². The first kappa shape index (κ1) is 17.8. The Bertz CT molecular complexity index is 1050. The Kier molecular flexibility index (Phi) is 5.24. The van der Waals surface area contributed by atoms with Crippen molar-refractivity contribution in [1.82, 2.24) is 0 Å². The first-order valence-corrected chi connectivity index (χ1v) is 9.51. The van der Waals surface area contributed by atoms with Crippen LogP contribution in [0.5, 0.6) is 0 Å². The van der Waals surface area contributed by atoms with E-state index in [-0.39, 0.29) is 0 Å². The topological polar surface area (TPSA) is 12.4 Å². The number of rotatable bonds is 4. The summed E-state index contributed by atoms with van der Waals surface area (Å²) in [4.78, 5) is 4.69. The van der Waals surface area contributed by atoms with Crippen molar-refractivity contribution in [1.29, 1.82) is 0 Å². The van der Waals surface area contributed by atoms with E-state index in [4.69, 9.17) is 28.2 Å². The Morgan fingerprint density at radius 1 is 0.778 bits per heavy atom. The van der Waals surface area contributed by atoms with E-state index in [9.17, 15) is 0 Å². The molecular formula is C24H17Cl2N. The van der Waals surface area contributed by atoms with E-state index < -0.39 is 0 Å². The lowest BCUT2D eigenvalue weighted by Crippen LogP contribution is -1.86. The van der Waals surface area contributed by atoms with Gasteiger partial charge in [-0.2, -0.15) is 0 Å². The van der Waals surface area contributed by atoms with Gasteiger partial charge in [0.25, 0.3) is 0 Å². The molecular weight excluding hydrogens is 373 g/mol. The van der Waals surface area contributed by atoms with Gasteiger partial charge in [0, 0.05) is 22.7 Å². The van der Waals surface area contributed by atoms with Gasteiger partial charge in [-0.15, -0.1) is 0 Å². The van der Waals surface area contributed by atoms with E-state index in [1.807, 2.05) is 18.2 Å². The van der Waals surface area contributed by atoms with Crippen molar-refractivity contribution >= 4 is 40.7 Å². The molecule has 1 aliphatic heterocycles. The third-order valence-electron chi connectivity index (χ3n) is 4.46. The molecule has 0 aliphatic carbocycles. The molecule has 3 aromatic rings. The lowest BCUT2D eigenvalue weighted by molar-refractivity contribution is 1.53. The average Bonchev–Trinajstić information content (AvgIpc) is 3.16. The Hall–Kier alpha value is -2.61. The highest BCUT2D eigenvalue weighted by Crippen LogP contribution is 2.31. The maximum Gasteiger partial charge on any atom is 0.0684 e. The predicted octanol–water partition coefficient (Wildman–Crippen LogP) is 7.56. The summed E-state index contributed by atoms with van der Waals surface area (Å²) in [6.45, 7) is 0. The van der Waals surface area contributed by atoms with E-state index in [1.54, 1.807) is 6.07 Å². The minimum absolute atomic E-state index is 0.624. The number of aliphatic imine (C=N–C) groups is 1. The van der Waals surface area contributed by atoms with Crippen LogP contribution in [-0.4, -0.2) is 5.71 Å². The van der Waals surface area contributed by atoms with Crippen molar-refractivity contribution in [3.05, 3.63) is 106 Å². The molecule has 0 spiro atoms. The van der Waals surface area contributed by atoms with E-state index in [0.717, 1.165) is 29.0 Å². The zero-order valence-corrected chi connectivity index (χ0v) is 16.1. The fourth-order valence-corrected chi connectivity index (χ4v) is 3.53. The number of halogens is 2. The molecule has 132 valence electrons. The van der Waals surface area contributed by atoms with Crippen molar-refractivity contribution in [2.75, 3.05) is 0 Å².